The van der Waals surface area contributed by atoms with E-state index in [4.69, 9.17) is 33.2 Å². The zero-order chi connectivity index (χ0) is 38.4. The molecule has 0 aromatic rings. The number of ketones is 1. The molecule has 0 aliphatic carbocycles. The molecule has 4 aliphatic heterocycles. The molecule has 0 unspecified atom stereocenters. The van der Waals surface area contributed by atoms with E-state index in [-0.39, 0.29) is 43.8 Å². The maximum absolute atomic E-state index is 14.1. The minimum atomic E-state index is -1.95. The number of cyclic esters (lactones) is 1. The van der Waals surface area contributed by atoms with Gasteiger partial charge in [-0.1, -0.05) is 27.7 Å². The highest BCUT2D eigenvalue weighted by molar-refractivity contribution is 5.83. The van der Waals surface area contributed by atoms with Crippen molar-refractivity contribution in [3.05, 3.63) is 0 Å². The number of carbonyl (C=O) groups excluding carboxylic acids is 2. The highest BCUT2D eigenvalue weighted by Gasteiger charge is 2.60. The van der Waals surface area contributed by atoms with Gasteiger partial charge < -0.3 is 58.5 Å². The van der Waals surface area contributed by atoms with Gasteiger partial charge in [0.05, 0.1) is 48.6 Å². The van der Waals surface area contributed by atoms with Gasteiger partial charge in [-0.15, -0.1) is 0 Å². The number of epoxide rings is 1. The van der Waals surface area contributed by atoms with E-state index in [2.05, 4.69) is 0 Å². The van der Waals surface area contributed by atoms with E-state index in [1.54, 1.807) is 41.5 Å². The summed E-state index contributed by atoms with van der Waals surface area (Å²) in [6, 6.07) is -0.263. The molecule has 4 N–H and O–H groups in total. The van der Waals surface area contributed by atoms with Gasteiger partial charge >= 0.3 is 5.97 Å². The molecule has 18 atom stereocenters. The number of rotatable bonds is 7. The summed E-state index contributed by atoms with van der Waals surface area (Å²) < 4.78 is 43.7. The molecule has 4 rings (SSSR count). The van der Waals surface area contributed by atoms with Crippen molar-refractivity contribution < 1.29 is 63.2 Å². The fourth-order valence-electron chi connectivity index (χ4n) is 8.57. The maximum atomic E-state index is 14.1. The third-order valence-corrected chi connectivity index (χ3v) is 12.2. The van der Waals surface area contributed by atoms with Crippen molar-refractivity contribution in [1.82, 2.24) is 4.90 Å². The van der Waals surface area contributed by atoms with Crippen LogP contribution in [0.4, 0.5) is 0 Å². The number of aliphatic hydroxyl groups excluding tert-OH is 3. The molecule has 51 heavy (non-hydrogen) atoms. The average Bonchev–Trinajstić information content (AvgIpc) is 3.85. The summed E-state index contributed by atoms with van der Waals surface area (Å²) in [4.78, 5) is 29.9. The molecule has 4 aliphatic rings. The molecule has 0 saturated carbocycles. The molecule has 0 bridgehead atoms. The number of methoxy groups -OCH3 is 1. The Morgan fingerprint density at radius 1 is 0.922 bits per heavy atom. The first-order chi connectivity index (χ1) is 23.6. The van der Waals surface area contributed by atoms with Crippen molar-refractivity contribution in [2.24, 2.45) is 23.7 Å². The Morgan fingerprint density at radius 2 is 1.55 bits per heavy atom. The third-order valence-electron chi connectivity index (χ3n) is 12.2. The summed E-state index contributed by atoms with van der Waals surface area (Å²) in [6.07, 6.45) is -8.31. The van der Waals surface area contributed by atoms with Gasteiger partial charge in [-0.2, -0.15) is 0 Å². The highest BCUT2D eigenvalue weighted by Crippen LogP contribution is 2.47. The van der Waals surface area contributed by atoms with Crippen molar-refractivity contribution in [2.75, 3.05) is 27.8 Å². The zero-order valence-corrected chi connectivity index (χ0v) is 32.6. The van der Waals surface area contributed by atoms with E-state index in [0.717, 1.165) is 0 Å². The van der Waals surface area contributed by atoms with E-state index in [1.807, 2.05) is 32.8 Å². The van der Waals surface area contributed by atoms with Crippen LogP contribution in [-0.4, -0.2) is 149 Å². The molecule has 4 fully saturated rings. The summed E-state index contributed by atoms with van der Waals surface area (Å²) >= 11 is 0. The smallest absolute Gasteiger partial charge is 0.311 e. The van der Waals surface area contributed by atoms with Gasteiger partial charge in [0, 0.05) is 37.3 Å². The molecule has 296 valence electrons. The number of hydrogen-bond acceptors (Lipinski definition) is 14. The molecule has 0 amide bonds. The second-order valence-electron chi connectivity index (χ2n) is 16.5. The summed E-state index contributed by atoms with van der Waals surface area (Å²) in [5, 5.41) is 45.4. The molecule has 1 spiro atoms. The van der Waals surface area contributed by atoms with Crippen LogP contribution in [0.3, 0.4) is 0 Å². The van der Waals surface area contributed by atoms with Crippen molar-refractivity contribution in [2.45, 2.75) is 172 Å². The largest absolute Gasteiger partial charge is 0.459 e. The molecule has 0 radical (unpaired) electrons. The van der Waals surface area contributed by atoms with E-state index >= 15 is 0 Å². The Balaban J connectivity index is 1.81. The molecule has 0 aromatic carbocycles. The zero-order valence-electron chi connectivity index (χ0n) is 32.6. The lowest BCUT2D eigenvalue weighted by Crippen LogP contribution is -2.60. The Kier molecular flexibility index (Phi) is 13.5. The number of esters is 1. The van der Waals surface area contributed by atoms with Crippen LogP contribution < -0.4 is 0 Å². The number of nitrogens with zero attached hydrogens (tertiary/aromatic N) is 1. The van der Waals surface area contributed by atoms with Crippen LogP contribution in [0.2, 0.25) is 0 Å². The summed E-state index contributed by atoms with van der Waals surface area (Å²) in [5.74, 6) is -4.25. The normalized spacial score (nSPS) is 50.6. The Morgan fingerprint density at radius 3 is 2.10 bits per heavy atom. The van der Waals surface area contributed by atoms with Gasteiger partial charge in [0.2, 0.25) is 0 Å². The fourth-order valence-corrected chi connectivity index (χ4v) is 8.57. The number of likely N-dealkylation sites (N-methyl/N-ethyl adjacent to an activating group) is 1. The first kappa shape index (κ1) is 42.4. The fraction of sp³-hybridized carbons (Fsp3) is 0.946. The second kappa shape index (κ2) is 16.2. The monoisotopic (exact) mass is 731 g/mol. The lowest BCUT2D eigenvalue weighted by Gasteiger charge is -2.47. The van der Waals surface area contributed by atoms with E-state index < -0.39 is 102 Å². The topological polar surface area (TPSA) is 186 Å². The first-order valence-corrected chi connectivity index (χ1v) is 18.6. The van der Waals surface area contributed by atoms with E-state index in [0.29, 0.717) is 6.42 Å². The quantitative estimate of drug-likeness (QED) is 0.219. The van der Waals surface area contributed by atoms with Crippen LogP contribution in [0.5, 0.6) is 0 Å². The lowest BCUT2D eigenvalue weighted by molar-refractivity contribution is -0.310. The number of Topliss-reactive ketones (excluding diaryl/α,β-unsaturated/α-hetero) is 1. The standard InChI is InChI=1S/C37H65NO13/c1-13-25-36(9,44)30(41)20(4)27(39)18(2)15-37(17-46-37)32(51-34-28(40)24(38(10)11)14-19(3)47-34)21(5)29(22(6)33(43)49-25)50-26-16-35(8,45-12)31(42)23(7)48-26/h18-26,28-32,34,40-42,44H,13-17H2,1-12H3/t18-,19-,20+,21+,22-,23+,24+,25-,26-,28-,29+,30-,31+,32-,34+,35-,36-,37+/m1/s1. The Bertz CT molecular complexity index is 1200. The van der Waals surface area contributed by atoms with Crippen molar-refractivity contribution in [3.8, 4) is 0 Å². The number of aliphatic hydroxyl groups is 4. The average molecular weight is 732 g/mol. The van der Waals surface area contributed by atoms with Gasteiger partial charge in [0.1, 0.15) is 35.3 Å². The minimum absolute atomic E-state index is 0.140. The molecule has 4 saturated heterocycles. The second-order valence-corrected chi connectivity index (χ2v) is 16.5. The first-order valence-electron chi connectivity index (χ1n) is 18.6. The predicted molar refractivity (Wildman–Crippen MR) is 184 cm³/mol. The summed E-state index contributed by atoms with van der Waals surface area (Å²) in [6.45, 7) is 15.6. The van der Waals surface area contributed by atoms with Crippen LogP contribution in [0.15, 0.2) is 0 Å². The van der Waals surface area contributed by atoms with Crippen LogP contribution in [0, 0.1) is 23.7 Å². The van der Waals surface area contributed by atoms with Crippen molar-refractivity contribution >= 4 is 11.8 Å². The Labute approximate surface area is 303 Å². The number of ether oxygens (including phenoxy) is 7. The summed E-state index contributed by atoms with van der Waals surface area (Å²) in [7, 11) is 5.28. The van der Waals surface area contributed by atoms with Crippen LogP contribution >= 0.6 is 0 Å². The predicted octanol–water partition coefficient (Wildman–Crippen LogP) is 1.80. The number of hydrogen-bond donors (Lipinski definition) is 4. The minimum Gasteiger partial charge on any atom is -0.459 e. The molecule has 14 nitrogen and oxygen atoms in total. The van der Waals surface area contributed by atoms with Gasteiger partial charge in [-0.3, -0.25) is 9.59 Å². The van der Waals surface area contributed by atoms with Crippen molar-refractivity contribution in [3.63, 3.8) is 0 Å². The SMILES string of the molecule is CC[C@H]1OC(=O)[C@H](C)[C@@H](O[C@@H]2C[C@@](C)(OC)[C@@H](O)[C@H](C)O2)[C@H](C)[C@@H](O[C@@H]2O[C@H](C)C[C@H](N(C)C)[C@H]2O)[C@@]2(CO2)C[C@@H](C)C(=O)[C@H](C)[C@@H](O)[C@]1(C)O. The van der Waals surface area contributed by atoms with E-state index in [1.165, 1.54) is 14.0 Å². The van der Waals surface area contributed by atoms with Crippen LogP contribution in [-0.2, 0) is 42.7 Å². The van der Waals surface area contributed by atoms with Gasteiger partial charge in [0.25, 0.3) is 0 Å². The van der Waals surface area contributed by atoms with E-state index in [9.17, 15) is 30.0 Å². The Hall–Kier alpha value is -1.30. The number of carbonyl (C=O) groups is 2. The van der Waals surface area contributed by atoms with Gasteiger partial charge in [-0.05, 0) is 68.0 Å². The van der Waals surface area contributed by atoms with Crippen LogP contribution in [0.25, 0.3) is 0 Å². The molecular formula is C37H65NO13. The van der Waals surface area contributed by atoms with Crippen molar-refractivity contribution in [1.29, 1.82) is 0 Å². The summed E-state index contributed by atoms with van der Waals surface area (Å²) in [5.41, 5.74) is -4.01. The lowest BCUT2D eigenvalue weighted by atomic mass is 9.75. The van der Waals surface area contributed by atoms with Crippen LogP contribution in [0.1, 0.15) is 88.0 Å². The van der Waals surface area contributed by atoms with Gasteiger partial charge in [0.15, 0.2) is 12.6 Å². The third kappa shape index (κ3) is 8.67. The molecule has 4 heterocycles. The highest BCUT2D eigenvalue weighted by atomic mass is 16.7. The molecule has 14 heteroatoms. The molecule has 0 aromatic heterocycles. The molecular weight excluding hydrogens is 666 g/mol. The maximum Gasteiger partial charge on any atom is 0.311 e. The van der Waals surface area contributed by atoms with Gasteiger partial charge in [-0.25, -0.2) is 0 Å².